The molecule has 0 fully saturated rings. The Morgan fingerprint density at radius 1 is 1.15 bits per heavy atom. The number of halogens is 3. The summed E-state index contributed by atoms with van der Waals surface area (Å²) in [6.45, 7) is 0. The maximum atomic E-state index is 12.3. The molecule has 0 radical (unpaired) electrons. The Bertz CT molecular complexity index is 258. The number of nitrogens with two attached hydrogens (primary N) is 1. The molecule has 1 rings (SSSR count). The molecule has 0 bridgehead atoms. The summed E-state index contributed by atoms with van der Waals surface area (Å²) >= 11 is 0. The van der Waals surface area contributed by atoms with Crippen molar-refractivity contribution in [3.63, 3.8) is 0 Å². The van der Waals surface area contributed by atoms with Gasteiger partial charge in [-0.05, 0) is 5.56 Å². The molecule has 0 saturated heterocycles. The van der Waals surface area contributed by atoms with Crippen molar-refractivity contribution in [1.82, 2.24) is 5.43 Å². The van der Waals surface area contributed by atoms with Gasteiger partial charge in [0, 0.05) is 0 Å². The van der Waals surface area contributed by atoms with Crippen LogP contribution in [0.4, 0.5) is 13.2 Å². The van der Waals surface area contributed by atoms with Crippen molar-refractivity contribution in [2.24, 2.45) is 5.84 Å². The second-order valence-corrected chi connectivity index (χ2v) is 2.55. The summed E-state index contributed by atoms with van der Waals surface area (Å²) in [5.41, 5.74) is 1.84. The van der Waals surface area contributed by atoms with Crippen LogP contribution in [0, 0.1) is 0 Å². The average molecular weight is 190 g/mol. The standard InChI is InChI=1S/C8H9F3N2/c9-8(10,11)7(13-12)6-4-2-1-3-5-6/h1-5,7,13H,12H2/t7-/m0/s1. The van der Waals surface area contributed by atoms with E-state index in [1.807, 2.05) is 0 Å². The lowest BCUT2D eigenvalue weighted by Crippen LogP contribution is -2.38. The molecule has 0 spiro atoms. The van der Waals surface area contributed by atoms with Crippen LogP contribution in [0.15, 0.2) is 30.3 Å². The smallest absolute Gasteiger partial charge is 0.271 e. The Morgan fingerprint density at radius 2 is 1.69 bits per heavy atom. The van der Waals surface area contributed by atoms with E-state index in [1.165, 1.54) is 24.3 Å². The number of nitrogens with one attached hydrogen (secondary N) is 1. The minimum atomic E-state index is -4.36. The van der Waals surface area contributed by atoms with Crippen LogP contribution in [0.2, 0.25) is 0 Å². The fourth-order valence-electron chi connectivity index (χ4n) is 1.03. The zero-order valence-electron chi connectivity index (χ0n) is 6.68. The number of hydrazine groups is 1. The molecule has 1 atom stereocenters. The van der Waals surface area contributed by atoms with Crippen LogP contribution >= 0.6 is 0 Å². The second kappa shape index (κ2) is 3.76. The van der Waals surface area contributed by atoms with E-state index in [4.69, 9.17) is 5.84 Å². The van der Waals surface area contributed by atoms with Crippen LogP contribution in [0.1, 0.15) is 11.6 Å². The molecule has 0 aromatic heterocycles. The molecule has 1 aromatic rings. The highest BCUT2D eigenvalue weighted by molar-refractivity contribution is 5.19. The molecular weight excluding hydrogens is 181 g/mol. The predicted molar refractivity (Wildman–Crippen MR) is 42.6 cm³/mol. The Balaban J connectivity index is 2.92. The van der Waals surface area contributed by atoms with Crippen molar-refractivity contribution in [1.29, 1.82) is 0 Å². The van der Waals surface area contributed by atoms with E-state index in [9.17, 15) is 13.2 Å². The summed E-state index contributed by atoms with van der Waals surface area (Å²) in [6, 6.07) is 5.66. The van der Waals surface area contributed by atoms with E-state index < -0.39 is 12.2 Å². The monoisotopic (exact) mass is 190 g/mol. The third-order valence-electron chi connectivity index (χ3n) is 1.63. The highest BCUT2D eigenvalue weighted by Crippen LogP contribution is 2.31. The molecular formula is C8H9F3N2. The van der Waals surface area contributed by atoms with E-state index in [0.717, 1.165) is 0 Å². The van der Waals surface area contributed by atoms with Gasteiger partial charge in [-0.1, -0.05) is 30.3 Å². The van der Waals surface area contributed by atoms with Gasteiger partial charge in [0.15, 0.2) is 0 Å². The molecule has 0 saturated carbocycles. The molecule has 2 nitrogen and oxygen atoms in total. The van der Waals surface area contributed by atoms with Crippen molar-refractivity contribution in [3.8, 4) is 0 Å². The van der Waals surface area contributed by atoms with Gasteiger partial charge >= 0.3 is 6.18 Å². The van der Waals surface area contributed by atoms with E-state index in [1.54, 1.807) is 11.5 Å². The quantitative estimate of drug-likeness (QED) is 0.550. The number of rotatable bonds is 2. The lowest BCUT2D eigenvalue weighted by Gasteiger charge is -2.19. The van der Waals surface area contributed by atoms with E-state index in [0.29, 0.717) is 0 Å². The van der Waals surface area contributed by atoms with Crippen LogP contribution in [0.3, 0.4) is 0 Å². The van der Waals surface area contributed by atoms with Gasteiger partial charge in [0.1, 0.15) is 6.04 Å². The molecule has 0 amide bonds. The molecule has 0 aliphatic carbocycles. The van der Waals surface area contributed by atoms with Gasteiger partial charge < -0.3 is 0 Å². The molecule has 13 heavy (non-hydrogen) atoms. The minimum Gasteiger partial charge on any atom is -0.271 e. The highest BCUT2D eigenvalue weighted by atomic mass is 19.4. The number of hydrogen-bond acceptors (Lipinski definition) is 2. The fraction of sp³-hybridized carbons (Fsp3) is 0.250. The van der Waals surface area contributed by atoms with Crippen molar-refractivity contribution < 1.29 is 13.2 Å². The molecule has 0 aliphatic rings. The van der Waals surface area contributed by atoms with Crippen LogP contribution in [-0.2, 0) is 0 Å². The number of hydrogen-bond donors (Lipinski definition) is 2. The van der Waals surface area contributed by atoms with E-state index in [2.05, 4.69) is 0 Å². The normalized spacial score (nSPS) is 14.2. The van der Waals surface area contributed by atoms with Gasteiger partial charge in [0.25, 0.3) is 0 Å². The lowest BCUT2D eigenvalue weighted by atomic mass is 10.1. The van der Waals surface area contributed by atoms with Crippen molar-refractivity contribution in [3.05, 3.63) is 35.9 Å². The molecule has 3 N–H and O–H groups in total. The average Bonchev–Trinajstić information content (AvgIpc) is 2.05. The second-order valence-electron chi connectivity index (χ2n) is 2.55. The Morgan fingerprint density at radius 3 is 2.08 bits per heavy atom. The van der Waals surface area contributed by atoms with Gasteiger partial charge in [-0.2, -0.15) is 13.2 Å². The van der Waals surface area contributed by atoms with Crippen LogP contribution in [-0.4, -0.2) is 6.18 Å². The fourth-order valence-corrected chi connectivity index (χ4v) is 1.03. The molecule has 0 heterocycles. The van der Waals surface area contributed by atoms with Crippen LogP contribution in [0.5, 0.6) is 0 Å². The topological polar surface area (TPSA) is 38.0 Å². The SMILES string of the molecule is NN[C@@H](c1ccccc1)C(F)(F)F. The predicted octanol–water partition coefficient (Wildman–Crippen LogP) is 1.75. The Hall–Kier alpha value is -1.07. The van der Waals surface area contributed by atoms with Crippen molar-refractivity contribution in [2.75, 3.05) is 0 Å². The number of benzene rings is 1. The summed E-state index contributed by atoms with van der Waals surface area (Å²) in [5, 5.41) is 0. The van der Waals surface area contributed by atoms with Gasteiger partial charge in [-0.15, -0.1) is 0 Å². The summed E-state index contributed by atoms with van der Waals surface area (Å²) in [4.78, 5) is 0. The first-order valence-corrected chi connectivity index (χ1v) is 3.63. The maximum Gasteiger partial charge on any atom is 0.409 e. The van der Waals surface area contributed by atoms with Crippen LogP contribution in [0.25, 0.3) is 0 Å². The molecule has 5 heteroatoms. The summed E-state index contributed by atoms with van der Waals surface area (Å²) < 4.78 is 36.8. The number of alkyl halides is 3. The largest absolute Gasteiger partial charge is 0.409 e. The third-order valence-corrected chi connectivity index (χ3v) is 1.63. The first-order valence-electron chi connectivity index (χ1n) is 3.63. The zero-order valence-corrected chi connectivity index (χ0v) is 6.68. The van der Waals surface area contributed by atoms with Crippen molar-refractivity contribution >= 4 is 0 Å². The zero-order chi connectivity index (χ0) is 9.90. The minimum absolute atomic E-state index is 0.109. The van der Waals surface area contributed by atoms with E-state index in [-0.39, 0.29) is 5.56 Å². The van der Waals surface area contributed by atoms with Crippen LogP contribution < -0.4 is 11.3 Å². The highest BCUT2D eigenvalue weighted by Gasteiger charge is 2.39. The van der Waals surface area contributed by atoms with Gasteiger partial charge in [-0.3, -0.25) is 5.84 Å². The Labute approximate surface area is 73.5 Å². The van der Waals surface area contributed by atoms with Gasteiger partial charge in [0.05, 0.1) is 0 Å². The first kappa shape index (κ1) is 10.0. The molecule has 1 aromatic carbocycles. The summed E-state index contributed by atoms with van der Waals surface area (Å²) in [6.07, 6.45) is -4.36. The van der Waals surface area contributed by atoms with Gasteiger partial charge in [0.2, 0.25) is 0 Å². The van der Waals surface area contributed by atoms with Gasteiger partial charge in [-0.25, -0.2) is 5.43 Å². The molecule has 0 aliphatic heterocycles. The molecule has 0 unspecified atom stereocenters. The Kier molecular flexibility index (Phi) is 2.90. The first-order chi connectivity index (χ1) is 6.05. The third kappa shape index (κ3) is 2.43. The summed E-state index contributed by atoms with van der Waals surface area (Å²) in [7, 11) is 0. The summed E-state index contributed by atoms with van der Waals surface area (Å²) in [5.74, 6) is 4.82. The van der Waals surface area contributed by atoms with E-state index >= 15 is 0 Å². The lowest BCUT2D eigenvalue weighted by molar-refractivity contribution is -0.157. The molecule has 72 valence electrons. The van der Waals surface area contributed by atoms with Crippen molar-refractivity contribution in [2.45, 2.75) is 12.2 Å². The maximum absolute atomic E-state index is 12.3.